The maximum absolute atomic E-state index is 13.1. The van der Waals surface area contributed by atoms with Gasteiger partial charge in [-0.05, 0) is 62.6 Å². The van der Waals surface area contributed by atoms with Crippen LogP contribution in [0.4, 0.5) is 15.8 Å². The normalized spacial score (nSPS) is 14.0. The van der Waals surface area contributed by atoms with Crippen LogP contribution < -0.4 is 10.2 Å². The van der Waals surface area contributed by atoms with Crippen molar-refractivity contribution in [2.45, 2.75) is 26.7 Å². The van der Waals surface area contributed by atoms with Crippen LogP contribution in [0.2, 0.25) is 0 Å². The zero-order valence-corrected chi connectivity index (χ0v) is 14.4. The highest BCUT2D eigenvalue weighted by molar-refractivity contribution is 6.15. The van der Waals surface area contributed by atoms with Gasteiger partial charge >= 0.3 is 0 Å². The quantitative estimate of drug-likeness (QED) is 0.865. The molecule has 130 valence electrons. The van der Waals surface area contributed by atoms with Gasteiger partial charge in [0.25, 0.3) is 0 Å². The zero-order valence-electron chi connectivity index (χ0n) is 14.4. The Bertz CT molecular complexity index is 800. The molecule has 0 fully saturated rings. The number of anilines is 2. The number of nitrogens with one attached hydrogen (secondary N) is 1. The highest BCUT2D eigenvalue weighted by Gasteiger charge is 2.40. The van der Waals surface area contributed by atoms with Gasteiger partial charge in [0.15, 0.2) is 0 Å². The van der Waals surface area contributed by atoms with Crippen LogP contribution in [-0.2, 0) is 16.0 Å². The molecule has 1 aliphatic heterocycles. The predicted octanol–water partition coefficient (Wildman–Crippen LogP) is 3.77. The third-order valence-electron chi connectivity index (χ3n) is 4.56. The number of carbonyl (C=O) groups excluding carboxylic acids is 2. The number of rotatable bonds is 3. The van der Waals surface area contributed by atoms with Crippen molar-refractivity contribution in [3.05, 3.63) is 59.9 Å². The smallest absolute Gasteiger partial charge is 0.242 e. The number of aryl methyl sites for hydroxylation is 1. The van der Waals surface area contributed by atoms with Crippen molar-refractivity contribution >= 4 is 23.2 Å². The lowest BCUT2D eigenvalue weighted by atomic mass is 9.88. The van der Waals surface area contributed by atoms with E-state index in [1.54, 1.807) is 18.7 Å². The number of nitrogens with zero attached hydrogens (tertiary/aromatic N) is 1. The number of carbonyl (C=O) groups is 2. The van der Waals surface area contributed by atoms with Gasteiger partial charge in [0.05, 0.1) is 0 Å². The predicted molar refractivity (Wildman–Crippen MR) is 95.9 cm³/mol. The highest BCUT2D eigenvalue weighted by atomic mass is 19.1. The van der Waals surface area contributed by atoms with Crippen LogP contribution in [0.3, 0.4) is 0 Å². The van der Waals surface area contributed by atoms with Crippen LogP contribution in [-0.4, -0.2) is 18.4 Å². The molecule has 3 rings (SSSR count). The van der Waals surface area contributed by atoms with Crippen LogP contribution in [0.1, 0.15) is 25.8 Å². The Kier molecular flexibility index (Phi) is 4.57. The van der Waals surface area contributed by atoms with Gasteiger partial charge in [-0.3, -0.25) is 9.59 Å². The second-order valence-corrected chi connectivity index (χ2v) is 6.78. The van der Waals surface area contributed by atoms with Crippen LogP contribution >= 0.6 is 0 Å². The van der Waals surface area contributed by atoms with Gasteiger partial charge in [0.2, 0.25) is 11.8 Å². The molecule has 2 amide bonds. The molecule has 1 heterocycles. The number of fused-ring (bicyclic) bond motifs is 1. The van der Waals surface area contributed by atoms with E-state index in [2.05, 4.69) is 5.32 Å². The SMILES string of the molecule is CC(C)(C(=O)Nc1ccc(F)cc1)C(=O)N1CCCc2ccccc21. The second kappa shape index (κ2) is 6.67. The molecule has 5 heteroatoms. The minimum atomic E-state index is -1.24. The molecule has 25 heavy (non-hydrogen) atoms. The number of hydrogen-bond acceptors (Lipinski definition) is 2. The molecular weight excluding hydrogens is 319 g/mol. The van der Waals surface area contributed by atoms with Gasteiger partial charge < -0.3 is 10.2 Å². The summed E-state index contributed by atoms with van der Waals surface area (Å²) in [5, 5.41) is 2.70. The lowest BCUT2D eigenvalue weighted by Gasteiger charge is -2.35. The zero-order chi connectivity index (χ0) is 18.0. The summed E-state index contributed by atoms with van der Waals surface area (Å²) in [6.45, 7) is 3.83. The van der Waals surface area contributed by atoms with Gasteiger partial charge in [-0.2, -0.15) is 0 Å². The van der Waals surface area contributed by atoms with Gasteiger partial charge in [-0.1, -0.05) is 18.2 Å². The fourth-order valence-electron chi connectivity index (χ4n) is 3.00. The topological polar surface area (TPSA) is 49.4 Å². The average Bonchev–Trinajstić information content (AvgIpc) is 2.62. The molecule has 0 radical (unpaired) electrons. The van der Waals surface area contributed by atoms with E-state index in [9.17, 15) is 14.0 Å². The Labute approximate surface area is 146 Å². The highest BCUT2D eigenvalue weighted by Crippen LogP contribution is 2.31. The minimum Gasteiger partial charge on any atom is -0.325 e. The Morgan fingerprint density at radius 2 is 1.76 bits per heavy atom. The van der Waals surface area contributed by atoms with Crippen molar-refractivity contribution in [2.24, 2.45) is 5.41 Å². The molecule has 0 saturated heterocycles. The summed E-state index contributed by atoms with van der Waals surface area (Å²) in [5.41, 5.74) is 1.23. The third kappa shape index (κ3) is 3.40. The first kappa shape index (κ1) is 17.1. The number of halogens is 1. The Balaban J connectivity index is 1.81. The Morgan fingerprint density at radius 1 is 1.08 bits per heavy atom. The van der Waals surface area contributed by atoms with Crippen LogP contribution in [0, 0.1) is 11.2 Å². The van der Waals surface area contributed by atoms with E-state index in [1.165, 1.54) is 24.3 Å². The average molecular weight is 340 g/mol. The van der Waals surface area contributed by atoms with Gasteiger partial charge in [0, 0.05) is 17.9 Å². The molecule has 1 aliphatic rings. The number of hydrogen-bond donors (Lipinski definition) is 1. The summed E-state index contributed by atoms with van der Waals surface area (Å²) in [7, 11) is 0. The van der Waals surface area contributed by atoms with E-state index < -0.39 is 11.3 Å². The monoisotopic (exact) mass is 340 g/mol. The summed E-state index contributed by atoms with van der Waals surface area (Å²) in [6.07, 6.45) is 1.81. The first-order valence-corrected chi connectivity index (χ1v) is 8.36. The van der Waals surface area contributed by atoms with E-state index in [0.29, 0.717) is 12.2 Å². The molecular formula is C20H21FN2O2. The van der Waals surface area contributed by atoms with Crippen molar-refractivity contribution in [2.75, 3.05) is 16.8 Å². The molecule has 2 aromatic rings. The Morgan fingerprint density at radius 3 is 2.48 bits per heavy atom. The van der Waals surface area contributed by atoms with E-state index in [1.807, 2.05) is 24.3 Å². The van der Waals surface area contributed by atoms with Crippen LogP contribution in [0.15, 0.2) is 48.5 Å². The van der Waals surface area contributed by atoms with Gasteiger partial charge in [0.1, 0.15) is 11.2 Å². The Hall–Kier alpha value is -2.69. The van der Waals surface area contributed by atoms with Crippen molar-refractivity contribution < 1.29 is 14.0 Å². The maximum atomic E-state index is 13.1. The van der Waals surface area contributed by atoms with E-state index in [-0.39, 0.29) is 11.7 Å². The van der Waals surface area contributed by atoms with Crippen molar-refractivity contribution in [1.29, 1.82) is 0 Å². The standard InChI is InChI=1S/C20H21FN2O2/c1-20(2,18(24)22-16-11-9-15(21)10-12-16)19(25)23-13-5-7-14-6-3-4-8-17(14)23/h3-4,6,8-12H,5,7,13H2,1-2H3,(H,22,24). The number of para-hydroxylation sites is 1. The molecule has 0 atom stereocenters. The molecule has 0 aromatic heterocycles. The molecule has 4 nitrogen and oxygen atoms in total. The van der Waals surface area contributed by atoms with E-state index in [0.717, 1.165) is 24.1 Å². The number of benzene rings is 2. The molecule has 0 saturated carbocycles. The summed E-state index contributed by atoms with van der Waals surface area (Å²) in [5.74, 6) is -1.02. The van der Waals surface area contributed by atoms with Crippen molar-refractivity contribution in [3.63, 3.8) is 0 Å². The fourth-order valence-corrected chi connectivity index (χ4v) is 3.00. The number of amides is 2. The molecule has 1 N–H and O–H groups in total. The first-order chi connectivity index (χ1) is 11.9. The van der Waals surface area contributed by atoms with Crippen molar-refractivity contribution in [3.8, 4) is 0 Å². The van der Waals surface area contributed by atoms with Crippen LogP contribution in [0.25, 0.3) is 0 Å². The second-order valence-electron chi connectivity index (χ2n) is 6.78. The van der Waals surface area contributed by atoms with Crippen molar-refractivity contribution in [1.82, 2.24) is 0 Å². The molecule has 0 spiro atoms. The van der Waals surface area contributed by atoms with Gasteiger partial charge in [-0.15, -0.1) is 0 Å². The summed E-state index contributed by atoms with van der Waals surface area (Å²) >= 11 is 0. The lowest BCUT2D eigenvalue weighted by Crippen LogP contribution is -2.49. The van der Waals surface area contributed by atoms with Crippen LogP contribution in [0.5, 0.6) is 0 Å². The minimum absolute atomic E-state index is 0.237. The molecule has 2 aromatic carbocycles. The summed E-state index contributed by atoms with van der Waals surface area (Å²) in [4.78, 5) is 27.4. The largest absolute Gasteiger partial charge is 0.325 e. The molecule has 0 bridgehead atoms. The van der Waals surface area contributed by atoms with Gasteiger partial charge in [-0.25, -0.2) is 4.39 Å². The molecule has 0 aliphatic carbocycles. The summed E-state index contributed by atoms with van der Waals surface area (Å²) in [6, 6.07) is 13.3. The molecule has 0 unspecified atom stereocenters. The van der Waals surface area contributed by atoms with E-state index >= 15 is 0 Å². The summed E-state index contributed by atoms with van der Waals surface area (Å²) < 4.78 is 13.0. The first-order valence-electron chi connectivity index (χ1n) is 8.36. The van der Waals surface area contributed by atoms with E-state index in [4.69, 9.17) is 0 Å². The lowest BCUT2D eigenvalue weighted by molar-refractivity contribution is -0.136. The maximum Gasteiger partial charge on any atom is 0.242 e. The fraction of sp³-hybridized carbons (Fsp3) is 0.300. The third-order valence-corrected chi connectivity index (χ3v) is 4.56.